The minimum Gasteiger partial charge on any atom is -0.465 e. The van der Waals surface area contributed by atoms with E-state index in [2.05, 4.69) is 9.72 Å². The maximum absolute atomic E-state index is 11.3. The molecule has 0 bridgehead atoms. The molecule has 2 unspecified atom stereocenters. The van der Waals surface area contributed by atoms with E-state index in [1.165, 1.54) is 13.3 Å². The van der Waals surface area contributed by atoms with Gasteiger partial charge >= 0.3 is 5.97 Å². The van der Waals surface area contributed by atoms with Crippen molar-refractivity contribution in [3.63, 3.8) is 0 Å². The van der Waals surface area contributed by atoms with E-state index in [9.17, 15) is 15.0 Å². The van der Waals surface area contributed by atoms with Crippen molar-refractivity contribution < 1.29 is 19.7 Å². The van der Waals surface area contributed by atoms with Crippen LogP contribution in [-0.2, 0) is 4.74 Å². The SMILES string of the molecule is COC(=O)c1ccnc(N2CC(O)C(O)C2)c1. The molecule has 0 spiro atoms. The molecule has 1 aliphatic heterocycles. The molecule has 1 saturated heterocycles. The molecule has 0 aromatic carbocycles. The molecular formula is C11H14N2O4. The summed E-state index contributed by atoms with van der Waals surface area (Å²) in [5.41, 5.74) is 0.397. The van der Waals surface area contributed by atoms with Gasteiger partial charge in [0.2, 0.25) is 0 Å². The lowest BCUT2D eigenvalue weighted by atomic mass is 10.2. The Bertz CT molecular complexity index is 414. The second-order valence-corrected chi connectivity index (χ2v) is 3.93. The fourth-order valence-electron chi connectivity index (χ4n) is 1.79. The van der Waals surface area contributed by atoms with Crippen molar-refractivity contribution in [3.8, 4) is 0 Å². The molecule has 0 saturated carbocycles. The van der Waals surface area contributed by atoms with Gasteiger partial charge in [-0.05, 0) is 12.1 Å². The van der Waals surface area contributed by atoms with Crippen LogP contribution in [0.2, 0.25) is 0 Å². The molecule has 2 rings (SSSR count). The summed E-state index contributed by atoms with van der Waals surface area (Å²) in [6.45, 7) is 0.609. The normalized spacial score (nSPS) is 23.8. The average Bonchev–Trinajstić information content (AvgIpc) is 2.69. The van der Waals surface area contributed by atoms with Crippen LogP contribution in [0.25, 0.3) is 0 Å². The highest BCUT2D eigenvalue weighted by molar-refractivity contribution is 5.90. The first-order valence-electron chi connectivity index (χ1n) is 5.27. The van der Waals surface area contributed by atoms with Crippen LogP contribution in [0, 0.1) is 0 Å². The van der Waals surface area contributed by atoms with Crippen LogP contribution in [0.5, 0.6) is 0 Å². The number of aromatic nitrogens is 1. The van der Waals surface area contributed by atoms with Gasteiger partial charge in [-0.25, -0.2) is 9.78 Å². The van der Waals surface area contributed by atoms with E-state index in [0.29, 0.717) is 24.5 Å². The zero-order chi connectivity index (χ0) is 12.4. The van der Waals surface area contributed by atoms with Gasteiger partial charge in [-0.15, -0.1) is 0 Å². The molecule has 1 aromatic rings. The van der Waals surface area contributed by atoms with Crippen LogP contribution in [-0.4, -0.2) is 53.6 Å². The highest BCUT2D eigenvalue weighted by Gasteiger charge is 2.30. The average molecular weight is 238 g/mol. The molecule has 92 valence electrons. The number of aliphatic hydroxyl groups excluding tert-OH is 2. The predicted molar refractivity (Wildman–Crippen MR) is 59.8 cm³/mol. The molecule has 1 aliphatic rings. The Kier molecular flexibility index (Phi) is 3.26. The number of β-amino-alcohol motifs (C(OH)–C–C–N with tert-alkyl or cyclic N) is 2. The Labute approximate surface area is 98.5 Å². The van der Waals surface area contributed by atoms with Crippen molar-refractivity contribution in [1.29, 1.82) is 0 Å². The third-order valence-electron chi connectivity index (χ3n) is 2.75. The standard InChI is InChI=1S/C11H14N2O4/c1-17-11(16)7-2-3-12-10(4-7)13-5-8(14)9(15)6-13/h2-4,8-9,14-15H,5-6H2,1H3. The van der Waals surface area contributed by atoms with Crippen molar-refractivity contribution in [3.05, 3.63) is 23.9 Å². The fourth-order valence-corrected chi connectivity index (χ4v) is 1.79. The van der Waals surface area contributed by atoms with Crippen LogP contribution in [0.4, 0.5) is 5.82 Å². The molecule has 6 nitrogen and oxygen atoms in total. The molecule has 0 radical (unpaired) electrons. The Hall–Kier alpha value is -1.66. The molecule has 0 amide bonds. The van der Waals surface area contributed by atoms with Crippen molar-refractivity contribution in [1.82, 2.24) is 4.98 Å². The van der Waals surface area contributed by atoms with Crippen molar-refractivity contribution in [2.45, 2.75) is 12.2 Å². The third-order valence-corrected chi connectivity index (χ3v) is 2.75. The number of nitrogens with zero attached hydrogens (tertiary/aromatic N) is 2. The maximum Gasteiger partial charge on any atom is 0.338 e. The number of pyridine rings is 1. The summed E-state index contributed by atoms with van der Waals surface area (Å²) in [6.07, 6.45) is -0.0595. The number of carbonyl (C=O) groups is 1. The number of esters is 1. The minimum atomic E-state index is -0.779. The van der Waals surface area contributed by atoms with Crippen molar-refractivity contribution in [2.75, 3.05) is 25.1 Å². The first kappa shape index (κ1) is 11.8. The molecule has 17 heavy (non-hydrogen) atoms. The molecule has 2 atom stereocenters. The number of aliphatic hydroxyl groups is 2. The summed E-state index contributed by atoms with van der Waals surface area (Å²) in [6, 6.07) is 3.13. The Morgan fingerprint density at radius 1 is 1.47 bits per heavy atom. The quantitative estimate of drug-likeness (QED) is 0.670. The number of ether oxygens (including phenoxy) is 1. The van der Waals surface area contributed by atoms with Crippen LogP contribution in [0.3, 0.4) is 0 Å². The lowest BCUT2D eigenvalue weighted by Gasteiger charge is -2.16. The predicted octanol–water partition coefficient (Wildman–Crippen LogP) is -0.590. The number of hydrogen-bond donors (Lipinski definition) is 2. The smallest absolute Gasteiger partial charge is 0.338 e. The number of hydrogen-bond acceptors (Lipinski definition) is 6. The van der Waals surface area contributed by atoms with Gasteiger partial charge in [0.25, 0.3) is 0 Å². The van der Waals surface area contributed by atoms with Crippen molar-refractivity contribution in [2.24, 2.45) is 0 Å². The summed E-state index contributed by atoms with van der Waals surface area (Å²) in [5.74, 6) is 0.109. The van der Waals surface area contributed by atoms with E-state index < -0.39 is 18.2 Å². The summed E-state index contributed by atoms with van der Waals surface area (Å²) in [5, 5.41) is 18.9. The van der Waals surface area contributed by atoms with E-state index in [1.54, 1.807) is 17.0 Å². The molecule has 1 fully saturated rings. The maximum atomic E-state index is 11.3. The van der Waals surface area contributed by atoms with Crippen LogP contribution < -0.4 is 4.90 Å². The van der Waals surface area contributed by atoms with Gasteiger partial charge < -0.3 is 19.8 Å². The van der Waals surface area contributed by atoms with Crippen LogP contribution in [0.15, 0.2) is 18.3 Å². The second-order valence-electron chi connectivity index (χ2n) is 3.93. The van der Waals surface area contributed by atoms with E-state index in [4.69, 9.17) is 0 Å². The highest BCUT2D eigenvalue weighted by Crippen LogP contribution is 2.19. The Morgan fingerprint density at radius 3 is 2.71 bits per heavy atom. The largest absolute Gasteiger partial charge is 0.465 e. The topological polar surface area (TPSA) is 82.9 Å². The zero-order valence-electron chi connectivity index (χ0n) is 9.41. The lowest BCUT2D eigenvalue weighted by Crippen LogP contribution is -2.22. The summed E-state index contributed by atoms with van der Waals surface area (Å²) >= 11 is 0. The summed E-state index contributed by atoms with van der Waals surface area (Å²) < 4.78 is 4.61. The van der Waals surface area contributed by atoms with Crippen LogP contribution >= 0.6 is 0 Å². The van der Waals surface area contributed by atoms with Gasteiger partial charge in [-0.3, -0.25) is 0 Å². The number of anilines is 1. The molecule has 1 aromatic heterocycles. The molecule has 6 heteroatoms. The Morgan fingerprint density at radius 2 is 2.12 bits per heavy atom. The lowest BCUT2D eigenvalue weighted by molar-refractivity contribution is 0.0572. The van der Waals surface area contributed by atoms with E-state index in [1.807, 2.05) is 0 Å². The van der Waals surface area contributed by atoms with Gasteiger partial charge in [0.15, 0.2) is 0 Å². The number of methoxy groups -OCH3 is 1. The van der Waals surface area contributed by atoms with E-state index in [0.717, 1.165) is 0 Å². The van der Waals surface area contributed by atoms with E-state index >= 15 is 0 Å². The molecule has 2 N–H and O–H groups in total. The second kappa shape index (κ2) is 4.68. The van der Waals surface area contributed by atoms with Crippen LogP contribution in [0.1, 0.15) is 10.4 Å². The van der Waals surface area contributed by atoms with Gasteiger partial charge in [0, 0.05) is 19.3 Å². The highest BCUT2D eigenvalue weighted by atomic mass is 16.5. The first-order valence-corrected chi connectivity index (χ1v) is 5.27. The zero-order valence-corrected chi connectivity index (χ0v) is 9.41. The number of rotatable bonds is 2. The molecule has 0 aliphatic carbocycles. The Balaban J connectivity index is 2.19. The van der Waals surface area contributed by atoms with Gasteiger partial charge in [-0.1, -0.05) is 0 Å². The summed E-state index contributed by atoms with van der Waals surface area (Å²) in [4.78, 5) is 17.2. The monoisotopic (exact) mass is 238 g/mol. The fraction of sp³-hybridized carbons (Fsp3) is 0.455. The van der Waals surface area contributed by atoms with Gasteiger partial charge in [0.05, 0.1) is 24.9 Å². The third kappa shape index (κ3) is 2.37. The minimum absolute atomic E-state index is 0.304. The molecular weight excluding hydrogens is 224 g/mol. The van der Waals surface area contributed by atoms with E-state index in [-0.39, 0.29) is 0 Å². The first-order chi connectivity index (χ1) is 8.11. The molecule has 2 heterocycles. The van der Waals surface area contributed by atoms with Gasteiger partial charge in [-0.2, -0.15) is 0 Å². The van der Waals surface area contributed by atoms with Crippen molar-refractivity contribution >= 4 is 11.8 Å². The number of carbonyl (C=O) groups excluding carboxylic acids is 1. The summed E-state index contributed by atoms with van der Waals surface area (Å²) in [7, 11) is 1.31. The van der Waals surface area contributed by atoms with Gasteiger partial charge in [0.1, 0.15) is 5.82 Å².